The standard InChI is InChI=1S/C16H19Cl2N5/c17-10-6-11(18)8-13(7-10)23-16-14(19)15(20-9-21-16)22-12-4-2-1-3-5-12/h6-9,12H,1-5,19H2,(H2,20,21,22,23). The Morgan fingerprint density at radius 1 is 0.957 bits per heavy atom. The number of hydrogen-bond acceptors (Lipinski definition) is 5. The number of hydrogen-bond donors (Lipinski definition) is 3. The van der Waals surface area contributed by atoms with Crippen molar-refractivity contribution in [1.82, 2.24) is 9.97 Å². The van der Waals surface area contributed by atoms with Crippen molar-refractivity contribution in [3.63, 3.8) is 0 Å². The summed E-state index contributed by atoms with van der Waals surface area (Å²) in [6.45, 7) is 0. The molecule has 1 aliphatic rings. The largest absolute Gasteiger partial charge is 0.393 e. The molecule has 0 radical (unpaired) electrons. The van der Waals surface area contributed by atoms with E-state index in [0.717, 1.165) is 18.5 Å². The van der Waals surface area contributed by atoms with Gasteiger partial charge in [-0.3, -0.25) is 0 Å². The highest BCUT2D eigenvalue weighted by Gasteiger charge is 2.16. The normalized spacial score (nSPS) is 15.4. The summed E-state index contributed by atoms with van der Waals surface area (Å²) in [6.07, 6.45) is 7.59. The summed E-state index contributed by atoms with van der Waals surface area (Å²) < 4.78 is 0. The van der Waals surface area contributed by atoms with Crippen LogP contribution in [-0.4, -0.2) is 16.0 Å². The zero-order valence-corrected chi connectivity index (χ0v) is 14.2. The van der Waals surface area contributed by atoms with Crippen LogP contribution in [0.25, 0.3) is 0 Å². The average Bonchev–Trinajstić information content (AvgIpc) is 2.51. The second-order valence-electron chi connectivity index (χ2n) is 5.75. The first-order valence-corrected chi connectivity index (χ1v) is 8.47. The fourth-order valence-electron chi connectivity index (χ4n) is 2.81. The molecule has 122 valence electrons. The lowest BCUT2D eigenvalue weighted by atomic mass is 9.95. The first-order chi connectivity index (χ1) is 11.1. The molecular weight excluding hydrogens is 333 g/mol. The Morgan fingerprint density at radius 2 is 1.61 bits per heavy atom. The summed E-state index contributed by atoms with van der Waals surface area (Å²) >= 11 is 12.0. The minimum absolute atomic E-state index is 0.425. The third-order valence-corrected chi connectivity index (χ3v) is 4.39. The topological polar surface area (TPSA) is 75.9 Å². The maximum Gasteiger partial charge on any atom is 0.159 e. The number of nitrogens with zero attached hydrogens (tertiary/aromatic N) is 2. The second-order valence-corrected chi connectivity index (χ2v) is 6.62. The molecule has 0 saturated heterocycles. The highest BCUT2D eigenvalue weighted by molar-refractivity contribution is 6.35. The maximum atomic E-state index is 6.21. The lowest BCUT2D eigenvalue weighted by Crippen LogP contribution is -2.23. The van der Waals surface area contributed by atoms with Gasteiger partial charge in [0.05, 0.1) is 0 Å². The molecule has 1 fully saturated rings. The van der Waals surface area contributed by atoms with Gasteiger partial charge in [-0.15, -0.1) is 0 Å². The van der Waals surface area contributed by atoms with Crippen molar-refractivity contribution >= 4 is 46.2 Å². The van der Waals surface area contributed by atoms with Gasteiger partial charge in [0, 0.05) is 21.8 Å². The molecule has 4 N–H and O–H groups in total. The van der Waals surface area contributed by atoms with Crippen LogP contribution in [0.5, 0.6) is 0 Å². The van der Waals surface area contributed by atoms with Crippen molar-refractivity contribution in [2.24, 2.45) is 0 Å². The van der Waals surface area contributed by atoms with E-state index in [2.05, 4.69) is 20.6 Å². The molecule has 0 unspecified atom stereocenters. The molecular formula is C16H19Cl2N5. The highest BCUT2D eigenvalue weighted by Crippen LogP contribution is 2.30. The first kappa shape index (κ1) is 16.1. The van der Waals surface area contributed by atoms with Crippen LogP contribution in [0.15, 0.2) is 24.5 Å². The SMILES string of the molecule is Nc1c(Nc2cc(Cl)cc(Cl)c2)ncnc1NC1CCCCC1. The number of nitrogen functional groups attached to an aromatic ring is 1. The van der Waals surface area contributed by atoms with Crippen LogP contribution in [0.1, 0.15) is 32.1 Å². The minimum Gasteiger partial charge on any atom is -0.393 e. The molecule has 3 rings (SSSR count). The first-order valence-electron chi connectivity index (χ1n) is 7.72. The van der Waals surface area contributed by atoms with Crippen molar-refractivity contribution in [2.75, 3.05) is 16.4 Å². The van der Waals surface area contributed by atoms with E-state index >= 15 is 0 Å². The smallest absolute Gasteiger partial charge is 0.159 e. The molecule has 0 bridgehead atoms. The lowest BCUT2D eigenvalue weighted by Gasteiger charge is -2.24. The summed E-state index contributed by atoms with van der Waals surface area (Å²) in [5.41, 5.74) is 7.44. The van der Waals surface area contributed by atoms with Gasteiger partial charge in [0.1, 0.15) is 12.0 Å². The number of halogens is 2. The van der Waals surface area contributed by atoms with Gasteiger partial charge in [-0.05, 0) is 31.0 Å². The summed E-state index contributed by atoms with van der Waals surface area (Å²) in [5.74, 6) is 1.21. The van der Waals surface area contributed by atoms with E-state index in [4.69, 9.17) is 28.9 Å². The van der Waals surface area contributed by atoms with Gasteiger partial charge in [0.25, 0.3) is 0 Å². The molecule has 5 nitrogen and oxygen atoms in total. The van der Waals surface area contributed by atoms with Gasteiger partial charge in [-0.2, -0.15) is 0 Å². The number of aromatic nitrogens is 2. The van der Waals surface area contributed by atoms with Crippen molar-refractivity contribution < 1.29 is 0 Å². The maximum absolute atomic E-state index is 6.21. The molecule has 0 atom stereocenters. The fraction of sp³-hybridized carbons (Fsp3) is 0.375. The molecule has 1 aliphatic carbocycles. The van der Waals surface area contributed by atoms with E-state index in [1.54, 1.807) is 18.2 Å². The molecule has 1 aromatic heterocycles. The summed E-state index contributed by atoms with van der Waals surface area (Å²) in [4.78, 5) is 8.48. The zero-order chi connectivity index (χ0) is 16.2. The minimum atomic E-state index is 0.425. The zero-order valence-electron chi connectivity index (χ0n) is 12.6. The van der Waals surface area contributed by atoms with Crippen LogP contribution < -0.4 is 16.4 Å². The quantitative estimate of drug-likeness (QED) is 0.733. The molecule has 1 heterocycles. The number of nitrogens with two attached hydrogens (primary N) is 1. The van der Waals surface area contributed by atoms with Gasteiger partial charge in [0.15, 0.2) is 11.6 Å². The van der Waals surface area contributed by atoms with Gasteiger partial charge < -0.3 is 16.4 Å². The highest BCUT2D eigenvalue weighted by atomic mass is 35.5. The second kappa shape index (κ2) is 7.23. The van der Waals surface area contributed by atoms with E-state index in [-0.39, 0.29) is 0 Å². The van der Waals surface area contributed by atoms with E-state index < -0.39 is 0 Å². The Hall–Kier alpha value is -1.72. The molecule has 7 heteroatoms. The molecule has 23 heavy (non-hydrogen) atoms. The van der Waals surface area contributed by atoms with Crippen molar-refractivity contribution in [1.29, 1.82) is 0 Å². The molecule has 2 aromatic rings. The summed E-state index contributed by atoms with van der Waals surface area (Å²) in [5, 5.41) is 7.67. The van der Waals surface area contributed by atoms with Crippen LogP contribution in [0.3, 0.4) is 0 Å². The Kier molecular flexibility index (Phi) is 5.08. The van der Waals surface area contributed by atoms with Gasteiger partial charge in [-0.1, -0.05) is 42.5 Å². The molecule has 1 aromatic carbocycles. The predicted octanol–water partition coefficient (Wildman–Crippen LogP) is 4.85. The van der Waals surface area contributed by atoms with E-state index in [1.165, 1.54) is 25.6 Å². The Morgan fingerprint density at radius 3 is 2.30 bits per heavy atom. The number of benzene rings is 1. The van der Waals surface area contributed by atoms with Crippen LogP contribution >= 0.6 is 23.2 Å². The van der Waals surface area contributed by atoms with Crippen LogP contribution in [0.4, 0.5) is 23.0 Å². The van der Waals surface area contributed by atoms with E-state index in [9.17, 15) is 0 Å². The fourth-order valence-corrected chi connectivity index (χ4v) is 3.34. The molecule has 0 amide bonds. The van der Waals surface area contributed by atoms with Crippen LogP contribution in [-0.2, 0) is 0 Å². The predicted molar refractivity (Wildman–Crippen MR) is 96.7 cm³/mol. The van der Waals surface area contributed by atoms with Gasteiger partial charge in [0.2, 0.25) is 0 Å². The van der Waals surface area contributed by atoms with Crippen molar-refractivity contribution in [2.45, 2.75) is 38.1 Å². The molecule has 1 saturated carbocycles. The Bertz CT molecular complexity index is 666. The van der Waals surface area contributed by atoms with E-state index in [0.29, 0.717) is 33.4 Å². The molecule has 0 aliphatic heterocycles. The third-order valence-electron chi connectivity index (χ3n) is 3.96. The Labute approximate surface area is 145 Å². The Balaban J connectivity index is 1.78. The van der Waals surface area contributed by atoms with Crippen molar-refractivity contribution in [3.8, 4) is 0 Å². The van der Waals surface area contributed by atoms with E-state index in [1.807, 2.05) is 0 Å². The lowest BCUT2D eigenvalue weighted by molar-refractivity contribution is 0.462. The number of anilines is 4. The monoisotopic (exact) mass is 351 g/mol. The third kappa shape index (κ3) is 4.18. The van der Waals surface area contributed by atoms with Crippen LogP contribution in [0.2, 0.25) is 10.0 Å². The summed E-state index contributed by atoms with van der Waals surface area (Å²) in [7, 11) is 0. The van der Waals surface area contributed by atoms with Crippen LogP contribution in [0, 0.1) is 0 Å². The number of rotatable bonds is 4. The summed E-state index contributed by atoms with van der Waals surface area (Å²) in [6, 6.07) is 5.63. The average molecular weight is 352 g/mol. The number of nitrogens with one attached hydrogen (secondary N) is 2. The van der Waals surface area contributed by atoms with Crippen molar-refractivity contribution in [3.05, 3.63) is 34.6 Å². The molecule has 0 spiro atoms. The van der Waals surface area contributed by atoms with Gasteiger partial charge in [-0.25, -0.2) is 9.97 Å². The van der Waals surface area contributed by atoms with Gasteiger partial charge >= 0.3 is 0 Å².